The Hall–Kier alpha value is -6.68. The normalized spacial score (nSPS) is 13.0. The smallest absolute Gasteiger partial charge is 0.161 e. The average Bonchev–Trinajstić information content (AvgIpc) is 3.75. The molecule has 0 bridgehead atoms. The highest BCUT2D eigenvalue weighted by atomic mass is 32.1. The Labute approximate surface area is 330 Å². The molecule has 0 atom stereocenters. The maximum Gasteiger partial charge on any atom is 0.161 e. The molecular weight excluding hydrogens is 697 g/mol. The maximum atomic E-state index is 5.46. The van der Waals surface area contributed by atoms with Gasteiger partial charge >= 0.3 is 0 Å². The van der Waals surface area contributed by atoms with E-state index in [9.17, 15) is 0 Å². The first-order valence-corrected chi connectivity index (χ1v) is 20.0. The fourth-order valence-electron chi connectivity index (χ4n) is 8.89. The highest BCUT2D eigenvalue weighted by Gasteiger charge is 2.36. The zero-order valence-corrected chi connectivity index (χ0v) is 31.9. The van der Waals surface area contributed by atoms with E-state index in [1.165, 1.54) is 58.9 Å². The lowest BCUT2D eigenvalue weighted by atomic mass is 9.82. The molecule has 1 aliphatic carbocycles. The van der Waals surface area contributed by atoms with Crippen LogP contribution in [0.4, 0.5) is 0 Å². The third-order valence-corrected chi connectivity index (χ3v) is 12.8. The molecule has 0 aliphatic heterocycles. The summed E-state index contributed by atoms with van der Waals surface area (Å²) in [7, 11) is 0. The van der Waals surface area contributed by atoms with Crippen LogP contribution in [0.2, 0.25) is 0 Å². The van der Waals surface area contributed by atoms with Crippen molar-refractivity contribution < 1.29 is 0 Å². The van der Waals surface area contributed by atoms with E-state index >= 15 is 0 Å². The van der Waals surface area contributed by atoms with E-state index < -0.39 is 0 Å². The van der Waals surface area contributed by atoms with E-state index in [1.54, 1.807) is 0 Å². The Morgan fingerprint density at radius 3 is 1.91 bits per heavy atom. The quantitative estimate of drug-likeness (QED) is 0.176. The van der Waals surface area contributed by atoms with Gasteiger partial charge in [0.05, 0.1) is 11.4 Å². The fraction of sp³-hybridized carbons (Fsp3) is 0.0566. The van der Waals surface area contributed by atoms with Crippen LogP contribution in [0.1, 0.15) is 25.0 Å². The zero-order chi connectivity index (χ0) is 37.4. The molecule has 264 valence electrons. The van der Waals surface area contributed by atoms with Crippen molar-refractivity contribution in [2.45, 2.75) is 19.3 Å². The van der Waals surface area contributed by atoms with Gasteiger partial charge in [0.2, 0.25) is 0 Å². The first kappa shape index (κ1) is 32.7. The molecule has 8 aromatic carbocycles. The molecule has 0 amide bonds. The highest BCUT2D eigenvalue weighted by Crippen LogP contribution is 2.52. The number of aromatic nitrogens is 2. The molecule has 0 N–H and O–H groups in total. The van der Waals surface area contributed by atoms with Gasteiger partial charge in [-0.3, -0.25) is 0 Å². The molecule has 1 aliphatic rings. The van der Waals surface area contributed by atoms with Crippen LogP contribution in [0.3, 0.4) is 0 Å². The monoisotopic (exact) mass is 732 g/mol. The highest BCUT2D eigenvalue weighted by molar-refractivity contribution is 7.25. The van der Waals surface area contributed by atoms with Crippen LogP contribution >= 0.6 is 11.3 Å². The Bertz CT molecular complexity index is 3170. The topological polar surface area (TPSA) is 25.8 Å². The van der Waals surface area contributed by atoms with Crippen molar-refractivity contribution in [1.29, 1.82) is 0 Å². The number of thiophene rings is 1. The summed E-state index contributed by atoms with van der Waals surface area (Å²) in [4.78, 5) is 10.9. The van der Waals surface area contributed by atoms with E-state index in [2.05, 4.69) is 196 Å². The Morgan fingerprint density at radius 1 is 0.393 bits per heavy atom. The van der Waals surface area contributed by atoms with E-state index in [4.69, 9.17) is 9.97 Å². The predicted octanol–water partition coefficient (Wildman–Crippen LogP) is 14.6. The summed E-state index contributed by atoms with van der Waals surface area (Å²) in [6.45, 7) is 4.67. The summed E-state index contributed by atoms with van der Waals surface area (Å²) >= 11 is 1.85. The molecule has 2 nitrogen and oxygen atoms in total. The standard InChI is InChI=1S/C53H36N2S/c1-53(2)45-23-10-8-20-42(45)51-43(22-13-24-46(51)53)48-32-47(54-52(55-48)41-21-12-17-34-16-6-7-18-39(34)41)38-29-36(33-14-4-3-5-15-33)28-37(30-38)35-26-27-50-44(31-35)40-19-9-11-25-49(40)56-50/h3-32H,1-2H3. The van der Waals surface area contributed by atoms with Crippen molar-refractivity contribution in [3.05, 3.63) is 193 Å². The van der Waals surface area contributed by atoms with Crippen LogP contribution in [0.15, 0.2) is 182 Å². The molecule has 0 unspecified atom stereocenters. The SMILES string of the molecule is CC1(C)c2ccccc2-c2c(-c3cc(-c4cc(-c5ccccc5)cc(-c5ccc6sc7ccccc7c6c5)c4)nc(-c4cccc5ccccc45)n3)cccc21. The van der Waals surface area contributed by atoms with Crippen LogP contribution in [0.5, 0.6) is 0 Å². The minimum atomic E-state index is -0.121. The van der Waals surface area contributed by atoms with Gasteiger partial charge in [-0.05, 0) is 97.7 Å². The van der Waals surface area contributed by atoms with E-state index in [0.717, 1.165) is 50.4 Å². The molecular formula is C53H36N2S. The van der Waals surface area contributed by atoms with Gasteiger partial charge in [0.1, 0.15) is 0 Å². The van der Waals surface area contributed by atoms with Crippen LogP contribution < -0.4 is 0 Å². The second-order valence-corrected chi connectivity index (χ2v) is 16.4. The molecule has 0 saturated heterocycles. The average molecular weight is 733 g/mol. The lowest BCUT2D eigenvalue weighted by Crippen LogP contribution is -2.14. The first-order chi connectivity index (χ1) is 27.5. The van der Waals surface area contributed by atoms with Crippen molar-refractivity contribution in [3.63, 3.8) is 0 Å². The first-order valence-electron chi connectivity index (χ1n) is 19.2. The third-order valence-electron chi connectivity index (χ3n) is 11.7. The van der Waals surface area contributed by atoms with Gasteiger partial charge in [0.15, 0.2) is 5.82 Å². The van der Waals surface area contributed by atoms with Crippen molar-refractivity contribution in [1.82, 2.24) is 9.97 Å². The number of fused-ring (bicyclic) bond motifs is 7. The predicted molar refractivity (Wildman–Crippen MR) is 237 cm³/mol. The van der Waals surface area contributed by atoms with Gasteiger partial charge in [-0.15, -0.1) is 11.3 Å². The fourth-order valence-corrected chi connectivity index (χ4v) is 9.97. The molecule has 0 radical (unpaired) electrons. The summed E-state index contributed by atoms with van der Waals surface area (Å²) in [5.74, 6) is 0.718. The van der Waals surface area contributed by atoms with Crippen LogP contribution in [-0.4, -0.2) is 9.97 Å². The molecule has 2 heterocycles. The number of benzene rings is 8. The zero-order valence-electron chi connectivity index (χ0n) is 31.1. The van der Waals surface area contributed by atoms with Gasteiger partial charge in [-0.2, -0.15) is 0 Å². The molecule has 0 spiro atoms. The number of hydrogen-bond donors (Lipinski definition) is 0. The van der Waals surface area contributed by atoms with Gasteiger partial charge in [0.25, 0.3) is 0 Å². The summed E-state index contributed by atoms with van der Waals surface area (Å²) in [5.41, 5.74) is 14.8. The lowest BCUT2D eigenvalue weighted by Gasteiger charge is -2.21. The lowest BCUT2D eigenvalue weighted by molar-refractivity contribution is 0.660. The van der Waals surface area contributed by atoms with Gasteiger partial charge in [-0.25, -0.2) is 9.97 Å². The second kappa shape index (κ2) is 12.7. The third kappa shape index (κ3) is 5.23. The van der Waals surface area contributed by atoms with Crippen molar-refractivity contribution in [2.75, 3.05) is 0 Å². The summed E-state index contributed by atoms with van der Waals surface area (Å²) in [5, 5.41) is 4.90. The Morgan fingerprint density at radius 2 is 1.02 bits per heavy atom. The van der Waals surface area contributed by atoms with Crippen LogP contribution in [-0.2, 0) is 5.41 Å². The van der Waals surface area contributed by atoms with Crippen molar-refractivity contribution in [3.8, 4) is 67.3 Å². The van der Waals surface area contributed by atoms with Crippen molar-refractivity contribution >= 4 is 42.3 Å². The minimum Gasteiger partial charge on any atom is -0.228 e. The molecule has 0 saturated carbocycles. The van der Waals surface area contributed by atoms with E-state index in [0.29, 0.717) is 0 Å². The molecule has 56 heavy (non-hydrogen) atoms. The van der Waals surface area contributed by atoms with Gasteiger partial charge in [0, 0.05) is 42.3 Å². The van der Waals surface area contributed by atoms with Crippen molar-refractivity contribution in [2.24, 2.45) is 0 Å². The molecule has 10 aromatic rings. The number of hydrogen-bond acceptors (Lipinski definition) is 3. The van der Waals surface area contributed by atoms with Gasteiger partial charge < -0.3 is 0 Å². The van der Waals surface area contributed by atoms with E-state index in [-0.39, 0.29) is 5.41 Å². The molecule has 11 rings (SSSR count). The minimum absolute atomic E-state index is 0.121. The Balaban J connectivity index is 1.18. The Kier molecular flexibility index (Phi) is 7.42. The van der Waals surface area contributed by atoms with E-state index in [1.807, 2.05) is 11.3 Å². The number of rotatable bonds is 5. The molecule has 3 heteroatoms. The van der Waals surface area contributed by atoms with Gasteiger partial charge in [-0.1, -0.05) is 153 Å². The molecule has 0 fully saturated rings. The maximum absolute atomic E-state index is 5.46. The summed E-state index contributed by atoms with van der Waals surface area (Å²) in [6.07, 6.45) is 0. The molecule has 2 aromatic heterocycles. The number of nitrogens with zero attached hydrogens (tertiary/aromatic N) is 2. The summed E-state index contributed by atoms with van der Waals surface area (Å²) < 4.78 is 2.61. The largest absolute Gasteiger partial charge is 0.228 e. The van der Waals surface area contributed by atoms with Crippen LogP contribution in [0.25, 0.3) is 98.2 Å². The second-order valence-electron chi connectivity index (χ2n) is 15.4. The summed E-state index contributed by atoms with van der Waals surface area (Å²) in [6, 6.07) is 66.0. The van der Waals surface area contributed by atoms with Crippen LogP contribution in [0, 0.1) is 0 Å².